The third-order valence-electron chi connectivity index (χ3n) is 4.14. The molecule has 1 unspecified atom stereocenters. The molecule has 1 aromatic carbocycles. The highest BCUT2D eigenvalue weighted by molar-refractivity contribution is 6.30. The van der Waals surface area contributed by atoms with Gasteiger partial charge in [0.1, 0.15) is 5.69 Å². The average Bonchev–Trinajstić information content (AvgIpc) is 3.40. The van der Waals surface area contributed by atoms with Crippen molar-refractivity contribution < 1.29 is 4.79 Å². The van der Waals surface area contributed by atoms with Crippen LogP contribution in [0.5, 0.6) is 0 Å². The van der Waals surface area contributed by atoms with E-state index in [4.69, 9.17) is 11.6 Å². The first-order chi connectivity index (χ1) is 11.6. The Balaban J connectivity index is 1.80. The quantitative estimate of drug-likeness (QED) is 0.874. The molecule has 1 aliphatic rings. The first-order valence-electron chi connectivity index (χ1n) is 8.23. The summed E-state index contributed by atoms with van der Waals surface area (Å²) in [7, 11) is 0. The summed E-state index contributed by atoms with van der Waals surface area (Å²) in [5.41, 5.74) is 1.12. The second-order valence-corrected chi connectivity index (χ2v) is 6.56. The lowest BCUT2D eigenvalue weighted by atomic mass is 10.0. The molecule has 1 heterocycles. The van der Waals surface area contributed by atoms with E-state index in [2.05, 4.69) is 10.4 Å². The number of nitrogens with one attached hydrogen (secondary N) is 1. The van der Waals surface area contributed by atoms with Crippen LogP contribution in [0.25, 0.3) is 0 Å². The molecule has 1 atom stereocenters. The molecule has 5 nitrogen and oxygen atoms in total. The van der Waals surface area contributed by atoms with Crippen LogP contribution in [0.4, 0.5) is 0 Å². The van der Waals surface area contributed by atoms with Crippen LogP contribution in [-0.4, -0.2) is 15.7 Å². The average molecular weight is 346 g/mol. The molecule has 1 aromatic heterocycles. The minimum Gasteiger partial charge on any atom is -0.344 e. The largest absolute Gasteiger partial charge is 0.344 e. The van der Waals surface area contributed by atoms with Crippen LogP contribution in [0.15, 0.2) is 41.2 Å². The maximum absolute atomic E-state index is 12.6. The van der Waals surface area contributed by atoms with Gasteiger partial charge in [-0.2, -0.15) is 5.10 Å². The molecule has 126 valence electrons. The standard InChI is InChI=1S/C18H20ClN3O2/c1-2-11-22-16(23)10-9-15(21-22)18(24)20-17(12-3-4-12)13-5-7-14(19)8-6-13/h5-10,12,17H,2-4,11H2,1H3,(H,20,24). The Kier molecular flexibility index (Phi) is 5.00. The second kappa shape index (κ2) is 7.18. The number of halogens is 1. The lowest BCUT2D eigenvalue weighted by molar-refractivity contribution is 0.0924. The number of hydrogen-bond acceptors (Lipinski definition) is 3. The summed E-state index contributed by atoms with van der Waals surface area (Å²) in [5.74, 6) is 0.184. The number of amides is 1. The van der Waals surface area contributed by atoms with Crippen LogP contribution >= 0.6 is 11.6 Å². The summed E-state index contributed by atoms with van der Waals surface area (Å²) in [6, 6.07) is 10.4. The van der Waals surface area contributed by atoms with Gasteiger partial charge < -0.3 is 5.32 Å². The van der Waals surface area contributed by atoms with Crippen molar-refractivity contribution in [3.8, 4) is 0 Å². The van der Waals surface area contributed by atoms with Gasteiger partial charge in [-0.1, -0.05) is 30.7 Å². The SMILES string of the molecule is CCCn1nc(C(=O)NC(c2ccc(Cl)cc2)C2CC2)ccc1=O. The van der Waals surface area contributed by atoms with Crippen molar-refractivity contribution in [2.75, 3.05) is 0 Å². The first kappa shape index (κ1) is 16.7. The third kappa shape index (κ3) is 3.85. The molecule has 0 bridgehead atoms. The number of hydrogen-bond donors (Lipinski definition) is 1. The van der Waals surface area contributed by atoms with Gasteiger partial charge in [-0.3, -0.25) is 9.59 Å². The summed E-state index contributed by atoms with van der Waals surface area (Å²) in [6.07, 6.45) is 2.97. The molecule has 1 amide bonds. The zero-order chi connectivity index (χ0) is 17.1. The summed E-state index contributed by atoms with van der Waals surface area (Å²) in [5, 5.41) is 7.91. The van der Waals surface area contributed by atoms with Crippen LogP contribution < -0.4 is 10.9 Å². The maximum Gasteiger partial charge on any atom is 0.272 e. The Bertz CT molecular complexity index is 782. The van der Waals surface area contributed by atoms with Gasteiger partial charge in [0.15, 0.2) is 0 Å². The van der Waals surface area contributed by atoms with Crippen LogP contribution in [0.2, 0.25) is 5.02 Å². The maximum atomic E-state index is 12.6. The van der Waals surface area contributed by atoms with E-state index in [1.54, 1.807) is 0 Å². The molecule has 1 aliphatic carbocycles. The number of aryl methyl sites for hydroxylation is 1. The van der Waals surface area contributed by atoms with Crippen LogP contribution in [0, 0.1) is 5.92 Å². The molecule has 1 saturated carbocycles. The van der Waals surface area contributed by atoms with E-state index in [0.29, 0.717) is 17.5 Å². The van der Waals surface area contributed by atoms with Crippen molar-refractivity contribution in [2.24, 2.45) is 5.92 Å². The number of nitrogens with zero attached hydrogens (tertiary/aromatic N) is 2. The normalized spacial score (nSPS) is 15.1. The van der Waals surface area contributed by atoms with Gasteiger partial charge in [0.2, 0.25) is 0 Å². The van der Waals surface area contributed by atoms with Gasteiger partial charge in [-0.25, -0.2) is 4.68 Å². The summed E-state index contributed by atoms with van der Waals surface area (Å²) in [4.78, 5) is 24.3. The van der Waals surface area contributed by atoms with Crippen molar-refractivity contribution in [1.82, 2.24) is 15.1 Å². The number of carbonyl (C=O) groups is 1. The fraction of sp³-hybridized carbons (Fsp3) is 0.389. The molecule has 0 aliphatic heterocycles. The van der Waals surface area contributed by atoms with Crippen molar-refractivity contribution in [1.29, 1.82) is 0 Å². The Hall–Kier alpha value is -2.14. The highest BCUT2D eigenvalue weighted by atomic mass is 35.5. The molecule has 1 N–H and O–H groups in total. The zero-order valence-electron chi connectivity index (χ0n) is 13.5. The lowest BCUT2D eigenvalue weighted by Gasteiger charge is -2.19. The van der Waals surface area contributed by atoms with E-state index in [0.717, 1.165) is 24.8 Å². The molecule has 3 rings (SSSR count). The monoisotopic (exact) mass is 345 g/mol. The van der Waals surface area contributed by atoms with E-state index in [1.807, 2.05) is 31.2 Å². The fourth-order valence-electron chi connectivity index (χ4n) is 2.73. The minimum atomic E-state index is -0.258. The van der Waals surface area contributed by atoms with Crippen molar-refractivity contribution in [2.45, 2.75) is 38.8 Å². The molecule has 0 saturated heterocycles. The topological polar surface area (TPSA) is 64.0 Å². The molecular formula is C18H20ClN3O2. The molecule has 1 fully saturated rings. The van der Waals surface area contributed by atoms with E-state index < -0.39 is 0 Å². The van der Waals surface area contributed by atoms with Gasteiger partial charge in [0.05, 0.1) is 6.04 Å². The number of carbonyl (C=O) groups excluding carboxylic acids is 1. The predicted molar refractivity (Wildman–Crippen MR) is 93.2 cm³/mol. The first-order valence-corrected chi connectivity index (χ1v) is 8.60. The summed E-state index contributed by atoms with van der Waals surface area (Å²) >= 11 is 5.95. The number of rotatable bonds is 6. The van der Waals surface area contributed by atoms with Crippen LogP contribution in [0.1, 0.15) is 48.3 Å². The van der Waals surface area contributed by atoms with Crippen LogP contribution in [0.3, 0.4) is 0 Å². The lowest BCUT2D eigenvalue weighted by Crippen LogP contribution is -2.33. The van der Waals surface area contributed by atoms with Crippen LogP contribution in [-0.2, 0) is 6.54 Å². The van der Waals surface area contributed by atoms with E-state index in [-0.39, 0.29) is 23.2 Å². The molecule has 6 heteroatoms. The van der Waals surface area contributed by atoms with E-state index in [1.165, 1.54) is 16.8 Å². The Labute approximate surface area is 145 Å². The Morgan fingerprint density at radius 3 is 2.62 bits per heavy atom. The van der Waals surface area contributed by atoms with E-state index in [9.17, 15) is 9.59 Å². The smallest absolute Gasteiger partial charge is 0.272 e. The third-order valence-corrected chi connectivity index (χ3v) is 4.40. The number of aromatic nitrogens is 2. The fourth-order valence-corrected chi connectivity index (χ4v) is 2.86. The molecule has 0 radical (unpaired) electrons. The highest BCUT2D eigenvalue weighted by Gasteiger charge is 2.33. The van der Waals surface area contributed by atoms with Gasteiger partial charge in [0.25, 0.3) is 11.5 Å². The summed E-state index contributed by atoms with van der Waals surface area (Å²) in [6.45, 7) is 2.47. The molecule has 2 aromatic rings. The van der Waals surface area contributed by atoms with Crippen molar-refractivity contribution in [3.05, 3.63) is 63.0 Å². The minimum absolute atomic E-state index is 0.0527. The van der Waals surface area contributed by atoms with Gasteiger partial charge in [-0.05, 0) is 48.9 Å². The van der Waals surface area contributed by atoms with E-state index >= 15 is 0 Å². The molecule has 0 spiro atoms. The van der Waals surface area contributed by atoms with Gasteiger partial charge >= 0.3 is 0 Å². The van der Waals surface area contributed by atoms with Crippen molar-refractivity contribution in [3.63, 3.8) is 0 Å². The number of benzene rings is 1. The molecule has 24 heavy (non-hydrogen) atoms. The predicted octanol–water partition coefficient (Wildman–Crippen LogP) is 3.19. The highest BCUT2D eigenvalue weighted by Crippen LogP contribution is 2.41. The second-order valence-electron chi connectivity index (χ2n) is 6.12. The zero-order valence-corrected chi connectivity index (χ0v) is 14.3. The Morgan fingerprint density at radius 2 is 2.00 bits per heavy atom. The van der Waals surface area contributed by atoms with Gasteiger partial charge in [0, 0.05) is 17.6 Å². The summed E-state index contributed by atoms with van der Waals surface area (Å²) < 4.78 is 1.34. The molecular weight excluding hydrogens is 326 g/mol. The Morgan fingerprint density at radius 1 is 1.29 bits per heavy atom. The van der Waals surface area contributed by atoms with Gasteiger partial charge in [-0.15, -0.1) is 0 Å². The van der Waals surface area contributed by atoms with Crippen molar-refractivity contribution >= 4 is 17.5 Å².